The van der Waals surface area contributed by atoms with E-state index in [1.165, 1.54) is 0 Å². The highest BCUT2D eigenvalue weighted by atomic mass is 79.9. The van der Waals surface area contributed by atoms with Gasteiger partial charge in [0.05, 0.1) is 21.3 Å². The molecule has 0 fully saturated rings. The van der Waals surface area contributed by atoms with E-state index in [4.69, 9.17) is 14.6 Å². The van der Waals surface area contributed by atoms with Gasteiger partial charge in [0.15, 0.2) is 6.10 Å². The number of methoxy groups -OCH3 is 1. The normalized spacial score (nSPS) is 15.1. The lowest BCUT2D eigenvalue weighted by atomic mass is 9.89. The number of halogens is 1. The van der Waals surface area contributed by atoms with E-state index in [1.807, 2.05) is 48.5 Å². The third kappa shape index (κ3) is 3.60. The van der Waals surface area contributed by atoms with Crippen LogP contribution in [0, 0.1) is 0 Å². The summed E-state index contributed by atoms with van der Waals surface area (Å²) in [5, 5.41) is 7.17. The zero-order chi connectivity index (χ0) is 21.8. The van der Waals surface area contributed by atoms with Crippen LogP contribution in [0.25, 0.3) is 22.3 Å². The maximum Gasteiger partial charge on any atom is 0.248 e. The molecule has 1 unspecified atom stereocenters. The highest BCUT2D eigenvalue weighted by molar-refractivity contribution is 9.11. The molecule has 0 aliphatic carbocycles. The number of benzene rings is 2. The highest BCUT2D eigenvalue weighted by Gasteiger charge is 2.31. The number of hydrogen-bond donors (Lipinski definition) is 1. The van der Waals surface area contributed by atoms with Crippen LogP contribution in [0.5, 0.6) is 11.5 Å². The highest BCUT2D eigenvalue weighted by Crippen LogP contribution is 2.51. The lowest BCUT2D eigenvalue weighted by molar-refractivity contribution is 0.246. The summed E-state index contributed by atoms with van der Waals surface area (Å²) in [6.07, 6.45) is -0.331. The molecule has 0 spiro atoms. The maximum absolute atomic E-state index is 12.1. The van der Waals surface area contributed by atoms with E-state index in [0.717, 1.165) is 53.8 Å². The van der Waals surface area contributed by atoms with Gasteiger partial charge < -0.3 is 9.47 Å². The van der Waals surface area contributed by atoms with Gasteiger partial charge in [-0.05, 0) is 68.8 Å². The van der Waals surface area contributed by atoms with Crippen molar-refractivity contribution >= 4 is 48.6 Å². The van der Waals surface area contributed by atoms with Gasteiger partial charge >= 0.3 is 0 Å². The summed E-state index contributed by atoms with van der Waals surface area (Å²) in [7, 11) is -2.18. The molecule has 0 bridgehead atoms. The van der Waals surface area contributed by atoms with Crippen LogP contribution < -0.4 is 14.6 Å². The molecule has 2 N–H and O–H groups in total. The number of rotatable bonds is 4. The van der Waals surface area contributed by atoms with Gasteiger partial charge in [0.1, 0.15) is 15.7 Å². The van der Waals surface area contributed by atoms with Crippen molar-refractivity contribution < 1.29 is 17.9 Å². The Morgan fingerprint density at radius 2 is 1.94 bits per heavy atom. The van der Waals surface area contributed by atoms with Crippen molar-refractivity contribution in [1.82, 2.24) is 0 Å². The fraction of sp³-hybridized carbons (Fsp3) is 0.0909. The van der Waals surface area contributed by atoms with E-state index in [0.29, 0.717) is 5.56 Å². The van der Waals surface area contributed by atoms with Crippen molar-refractivity contribution in [3.8, 4) is 33.8 Å². The van der Waals surface area contributed by atoms with Gasteiger partial charge in [-0.15, -0.1) is 22.7 Å². The summed E-state index contributed by atoms with van der Waals surface area (Å²) in [5.74, 6) is 1.47. The van der Waals surface area contributed by atoms with E-state index in [-0.39, 0.29) is 10.3 Å². The molecule has 31 heavy (non-hydrogen) atoms. The number of nitrogens with two attached hydrogens (primary N) is 1. The Morgan fingerprint density at radius 1 is 1.10 bits per heavy atom. The van der Waals surface area contributed by atoms with Gasteiger partial charge in [0, 0.05) is 11.1 Å². The van der Waals surface area contributed by atoms with Crippen molar-refractivity contribution in [2.45, 2.75) is 10.3 Å². The van der Waals surface area contributed by atoms with Gasteiger partial charge in [-0.2, -0.15) is 0 Å². The van der Waals surface area contributed by atoms with Crippen molar-refractivity contribution in [3.05, 3.63) is 74.2 Å². The molecule has 158 valence electrons. The minimum atomic E-state index is -3.82. The second-order valence-electron chi connectivity index (χ2n) is 6.94. The average molecular weight is 534 g/mol. The van der Waals surface area contributed by atoms with Gasteiger partial charge in [-0.1, -0.05) is 18.2 Å². The quantitative estimate of drug-likeness (QED) is 0.346. The first-order valence-electron chi connectivity index (χ1n) is 9.20. The summed E-state index contributed by atoms with van der Waals surface area (Å²) in [6, 6.07) is 17.4. The molecule has 0 amide bonds. The van der Waals surface area contributed by atoms with E-state index >= 15 is 0 Å². The zero-order valence-electron chi connectivity index (χ0n) is 16.2. The average Bonchev–Trinajstić information content (AvgIpc) is 3.41. The van der Waals surface area contributed by atoms with Crippen LogP contribution in [0.3, 0.4) is 0 Å². The molecular weight excluding hydrogens is 518 g/mol. The Labute approximate surface area is 196 Å². The minimum absolute atomic E-state index is 0.151. The maximum atomic E-state index is 12.1. The fourth-order valence-electron chi connectivity index (χ4n) is 3.82. The van der Waals surface area contributed by atoms with Crippen molar-refractivity contribution in [1.29, 1.82) is 0 Å². The molecule has 1 atom stereocenters. The number of hydrogen-bond acceptors (Lipinski definition) is 6. The van der Waals surface area contributed by atoms with Crippen molar-refractivity contribution in [3.63, 3.8) is 0 Å². The van der Waals surface area contributed by atoms with Crippen molar-refractivity contribution in [2.75, 3.05) is 7.11 Å². The predicted octanol–water partition coefficient (Wildman–Crippen LogP) is 6.04. The summed E-state index contributed by atoms with van der Waals surface area (Å²) < 4.78 is 37.3. The van der Waals surface area contributed by atoms with Crippen LogP contribution in [-0.2, 0) is 10.0 Å². The van der Waals surface area contributed by atoms with Gasteiger partial charge in [-0.3, -0.25) is 0 Å². The largest absolute Gasteiger partial charge is 0.496 e. The fourth-order valence-corrected chi connectivity index (χ4v) is 7.13. The van der Waals surface area contributed by atoms with Crippen LogP contribution in [0.1, 0.15) is 16.5 Å². The Bertz CT molecular complexity index is 1410. The molecular formula is C22H16BrNO4S3. The van der Waals surface area contributed by atoms with E-state index in [1.54, 1.807) is 29.9 Å². The molecule has 0 saturated carbocycles. The molecule has 0 saturated heterocycles. The number of sulfonamides is 1. The predicted molar refractivity (Wildman–Crippen MR) is 128 cm³/mol. The minimum Gasteiger partial charge on any atom is -0.496 e. The molecule has 2 aromatic carbocycles. The standard InChI is InChI=1S/C22H16BrNO4S3/c1-27-16-3-2-4-17-20(16)14-6-5-12(13-9-10-29-22(13)31(24,25)26)11-15(14)21(28-17)18-7-8-19(23)30-18/h2-11,21H,1H3,(H2,24,25,26). The molecule has 1 aliphatic rings. The number of fused-ring (bicyclic) bond motifs is 3. The summed E-state index contributed by atoms with van der Waals surface area (Å²) in [4.78, 5) is 1.04. The Hall–Kier alpha value is -2.17. The topological polar surface area (TPSA) is 78.6 Å². The van der Waals surface area contributed by atoms with E-state index in [9.17, 15) is 8.42 Å². The number of thiophene rings is 2. The lowest BCUT2D eigenvalue weighted by Crippen LogP contribution is -2.15. The van der Waals surface area contributed by atoms with E-state index in [2.05, 4.69) is 15.9 Å². The van der Waals surface area contributed by atoms with Gasteiger partial charge in [0.25, 0.3) is 0 Å². The Kier molecular flexibility index (Phi) is 5.18. The first-order chi connectivity index (χ1) is 14.9. The first-order valence-corrected chi connectivity index (χ1v) is 13.2. The molecule has 3 heterocycles. The molecule has 4 aromatic rings. The monoisotopic (exact) mass is 533 g/mol. The molecule has 5 nitrogen and oxygen atoms in total. The van der Waals surface area contributed by atoms with E-state index < -0.39 is 10.0 Å². The molecule has 2 aromatic heterocycles. The third-order valence-corrected chi connectivity index (χ3v) is 9.20. The van der Waals surface area contributed by atoms with Crippen LogP contribution in [0.15, 0.2) is 68.0 Å². The smallest absolute Gasteiger partial charge is 0.248 e. The SMILES string of the molecule is COc1cccc2c1-c1ccc(-c3ccsc3S(N)(=O)=O)cc1C(c1ccc(Br)s1)O2. The van der Waals surface area contributed by atoms with Crippen LogP contribution in [-0.4, -0.2) is 15.5 Å². The number of primary sulfonamides is 1. The first kappa shape index (κ1) is 20.7. The van der Waals surface area contributed by atoms with Gasteiger partial charge in [0.2, 0.25) is 10.0 Å². The molecule has 5 rings (SSSR count). The summed E-state index contributed by atoms with van der Waals surface area (Å²) in [6.45, 7) is 0. The lowest BCUT2D eigenvalue weighted by Gasteiger charge is -2.29. The third-order valence-electron chi connectivity index (χ3n) is 5.11. The Balaban J connectivity index is 1.75. The Morgan fingerprint density at radius 3 is 2.65 bits per heavy atom. The second kappa shape index (κ2) is 7.75. The molecule has 1 aliphatic heterocycles. The number of ether oxygens (including phenoxy) is 2. The van der Waals surface area contributed by atoms with Crippen LogP contribution in [0.4, 0.5) is 0 Å². The molecule has 0 radical (unpaired) electrons. The zero-order valence-corrected chi connectivity index (χ0v) is 20.2. The second-order valence-corrected chi connectivity index (χ2v) is 12.1. The van der Waals surface area contributed by atoms with Crippen LogP contribution in [0.2, 0.25) is 0 Å². The van der Waals surface area contributed by atoms with Gasteiger partial charge in [-0.25, -0.2) is 13.6 Å². The van der Waals surface area contributed by atoms with Crippen molar-refractivity contribution in [2.24, 2.45) is 5.14 Å². The van der Waals surface area contributed by atoms with Crippen LogP contribution >= 0.6 is 38.6 Å². The molecule has 9 heteroatoms. The summed E-state index contributed by atoms with van der Waals surface area (Å²) in [5.41, 5.74) is 4.18. The summed E-state index contributed by atoms with van der Waals surface area (Å²) >= 11 is 6.25.